The van der Waals surface area contributed by atoms with E-state index < -0.39 is 0 Å². The van der Waals surface area contributed by atoms with Gasteiger partial charge in [0.2, 0.25) is 0 Å². The van der Waals surface area contributed by atoms with Gasteiger partial charge in [-0.25, -0.2) is 4.98 Å². The SMILES string of the molecule is COc1ccc2ncc(=O)n(CCN3CC[C@H](NCc4cc5c(cn4)OCCO5)[C@H](OC)C3)c2c1. The Morgan fingerprint density at radius 1 is 1.09 bits per heavy atom. The standard InChI is InChI=1S/C25H31N5O5/c1-32-18-3-4-19-21(12-18)30(25(31)15-28-19)8-7-29-6-5-20(24(16-29)33-2)27-13-17-11-22-23(14-26-17)35-10-9-34-22/h3-4,11-12,14-15,20,24,27H,5-10,13,16H2,1-2H3/t20-,24+/m0/s1. The van der Waals surface area contributed by atoms with Crippen LogP contribution in [-0.4, -0.2) is 78.6 Å². The molecule has 1 N–H and O–H groups in total. The molecule has 10 nitrogen and oxygen atoms in total. The number of ether oxygens (including phenoxy) is 4. The van der Waals surface area contributed by atoms with Crippen LogP contribution in [0.5, 0.6) is 17.2 Å². The molecule has 35 heavy (non-hydrogen) atoms. The van der Waals surface area contributed by atoms with E-state index in [1.807, 2.05) is 24.3 Å². The lowest BCUT2D eigenvalue weighted by Crippen LogP contribution is -2.53. The number of nitrogens with zero attached hydrogens (tertiary/aromatic N) is 4. The maximum absolute atomic E-state index is 12.6. The van der Waals surface area contributed by atoms with Crippen LogP contribution in [0.3, 0.4) is 0 Å². The summed E-state index contributed by atoms with van der Waals surface area (Å²) < 4.78 is 24.1. The van der Waals surface area contributed by atoms with Crippen LogP contribution in [0, 0.1) is 0 Å². The van der Waals surface area contributed by atoms with Gasteiger partial charge in [0.25, 0.3) is 5.56 Å². The molecule has 10 heteroatoms. The molecule has 2 atom stereocenters. The fraction of sp³-hybridized carbons (Fsp3) is 0.480. The second-order valence-electron chi connectivity index (χ2n) is 8.77. The van der Waals surface area contributed by atoms with Crippen LogP contribution in [-0.2, 0) is 17.8 Å². The molecule has 5 rings (SSSR count). The van der Waals surface area contributed by atoms with Crippen molar-refractivity contribution in [3.8, 4) is 17.2 Å². The number of methoxy groups -OCH3 is 2. The van der Waals surface area contributed by atoms with Crippen molar-refractivity contribution in [1.29, 1.82) is 0 Å². The lowest BCUT2D eigenvalue weighted by molar-refractivity contribution is 0.00440. The van der Waals surface area contributed by atoms with Crippen molar-refractivity contribution in [2.75, 3.05) is 47.1 Å². The summed E-state index contributed by atoms with van der Waals surface area (Å²) in [6, 6.07) is 7.73. The average molecular weight is 482 g/mol. The molecule has 2 aliphatic rings. The van der Waals surface area contributed by atoms with Gasteiger partial charge < -0.3 is 28.8 Å². The van der Waals surface area contributed by atoms with Crippen molar-refractivity contribution >= 4 is 11.0 Å². The number of hydrogen-bond donors (Lipinski definition) is 1. The molecule has 1 aromatic carbocycles. The monoisotopic (exact) mass is 481 g/mol. The zero-order valence-electron chi connectivity index (χ0n) is 20.1. The van der Waals surface area contributed by atoms with Crippen LogP contribution >= 0.6 is 0 Å². The van der Waals surface area contributed by atoms with Crippen molar-refractivity contribution in [3.05, 3.63) is 52.7 Å². The molecule has 0 unspecified atom stereocenters. The molecule has 3 aromatic rings. The van der Waals surface area contributed by atoms with Gasteiger partial charge in [-0.05, 0) is 25.1 Å². The number of hydrogen-bond acceptors (Lipinski definition) is 9. The first kappa shape index (κ1) is 23.5. The van der Waals surface area contributed by atoms with Crippen LogP contribution < -0.4 is 25.1 Å². The molecule has 0 bridgehead atoms. The Balaban J connectivity index is 1.19. The Labute approximate surface area is 203 Å². The van der Waals surface area contributed by atoms with Gasteiger partial charge in [0, 0.05) is 51.5 Å². The summed E-state index contributed by atoms with van der Waals surface area (Å²) in [7, 11) is 3.37. The lowest BCUT2D eigenvalue weighted by Gasteiger charge is -2.38. The molecule has 4 heterocycles. The van der Waals surface area contributed by atoms with Gasteiger partial charge in [-0.15, -0.1) is 0 Å². The number of rotatable bonds is 8. The minimum atomic E-state index is -0.113. The minimum absolute atomic E-state index is 0.0342. The van der Waals surface area contributed by atoms with E-state index in [0.29, 0.717) is 37.8 Å². The van der Waals surface area contributed by atoms with Crippen LogP contribution in [0.25, 0.3) is 11.0 Å². The Kier molecular flexibility index (Phi) is 7.12. The van der Waals surface area contributed by atoms with Crippen molar-refractivity contribution < 1.29 is 18.9 Å². The topological polar surface area (TPSA) is 100.0 Å². The largest absolute Gasteiger partial charge is 0.497 e. The van der Waals surface area contributed by atoms with Gasteiger partial charge in [0.1, 0.15) is 19.0 Å². The maximum Gasteiger partial charge on any atom is 0.269 e. The zero-order valence-corrected chi connectivity index (χ0v) is 20.1. The van der Waals surface area contributed by atoms with E-state index in [9.17, 15) is 4.79 Å². The summed E-state index contributed by atoms with van der Waals surface area (Å²) in [6.45, 7) is 4.75. The number of pyridine rings is 1. The summed E-state index contributed by atoms with van der Waals surface area (Å²) >= 11 is 0. The van der Waals surface area contributed by atoms with Crippen LogP contribution in [0.1, 0.15) is 12.1 Å². The minimum Gasteiger partial charge on any atom is -0.497 e. The summed E-state index contributed by atoms with van der Waals surface area (Å²) in [6.07, 6.45) is 4.08. The maximum atomic E-state index is 12.6. The quantitative estimate of drug-likeness (QED) is 0.512. The van der Waals surface area contributed by atoms with Gasteiger partial charge in [-0.3, -0.25) is 14.7 Å². The second kappa shape index (κ2) is 10.6. The Morgan fingerprint density at radius 3 is 2.77 bits per heavy atom. The van der Waals surface area contributed by atoms with Crippen molar-refractivity contribution in [3.63, 3.8) is 0 Å². The molecule has 0 radical (unpaired) electrons. The summed E-state index contributed by atoms with van der Waals surface area (Å²) in [4.78, 5) is 23.7. The number of likely N-dealkylation sites (tertiary alicyclic amines) is 1. The van der Waals surface area contributed by atoms with E-state index in [4.69, 9.17) is 18.9 Å². The first-order chi connectivity index (χ1) is 17.1. The molecule has 0 spiro atoms. The summed E-state index contributed by atoms with van der Waals surface area (Å²) in [5, 5.41) is 3.60. The molecule has 0 saturated carbocycles. The van der Waals surface area contributed by atoms with Gasteiger partial charge in [-0.2, -0.15) is 0 Å². The van der Waals surface area contributed by atoms with Crippen LogP contribution in [0.2, 0.25) is 0 Å². The molecule has 1 fully saturated rings. The van der Waals surface area contributed by atoms with E-state index in [1.165, 1.54) is 6.20 Å². The third-order valence-corrected chi connectivity index (χ3v) is 6.67. The van der Waals surface area contributed by atoms with Crippen LogP contribution in [0.15, 0.2) is 41.5 Å². The van der Waals surface area contributed by atoms with E-state index in [2.05, 4.69) is 20.2 Å². The number of nitrogens with one attached hydrogen (secondary N) is 1. The van der Waals surface area contributed by atoms with Crippen LogP contribution in [0.4, 0.5) is 0 Å². The zero-order chi connectivity index (χ0) is 24.2. The first-order valence-electron chi connectivity index (χ1n) is 11.9. The second-order valence-corrected chi connectivity index (χ2v) is 8.77. The Morgan fingerprint density at radius 2 is 1.94 bits per heavy atom. The van der Waals surface area contributed by atoms with Gasteiger partial charge in [-0.1, -0.05) is 0 Å². The van der Waals surface area contributed by atoms with E-state index in [1.54, 1.807) is 25.0 Å². The number of benzene rings is 1. The van der Waals surface area contributed by atoms with Crippen molar-refractivity contribution in [2.24, 2.45) is 0 Å². The average Bonchev–Trinajstić information content (AvgIpc) is 2.91. The van der Waals surface area contributed by atoms with Gasteiger partial charge in [0.05, 0.1) is 42.3 Å². The third-order valence-electron chi connectivity index (χ3n) is 6.67. The van der Waals surface area contributed by atoms with E-state index >= 15 is 0 Å². The number of piperidine rings is 1. The molecular weight excluding hydrogens is 450 g/mol. The normalized spacial score (nSPS) is 20.2. The molecule has 186 valence electrons. The fourth-order valence-electron chi connectivity index (χ4n) is 4.72. The van der Waals surface area contributed by atoms with Gasteiger partial charge >= 0.3 is 0 Å². The predicted molar refractivity (Wildman–Crippen MR) is 130 cm³/mol. The highest BCUT2D eigenvalue weighted by Gasteiger charge is 2.29. The summed E-state index contributed by atoms with van der Waals surface area (Å²) in [5.41, 5.74) is 2.35. The Hall–Kier alpha value is -3.21. The highest BCUT2D eigenvalue weighted by Crippen LogP contribution is 2.29. The molecular formula is C25H31N5O5. The third kappa shape index (κ3) is 5.24. The molecule has 2 aromatic heterocycles. The first-order valence-corrected chi connectivity index (χ1v) is 11.9. The summed E-state index contributed by atoms with van der Waals surface area (Å²) in [5.74, 6) is 2.15. The number of fused-ring (bicyclic) bond motifs is 2. The molecule has 0 aliphatic carbocycles. The highest BCUT2D eigenvalue weighted by molar-refractivity contribution is 5.76. The van der Waals surface area contributed by atoms with Crippen molar-refractivity contribution in [1.82, 2.24) is 24.8 Å². The molecule has 1 saturated heterocycles. The predicted octanol–water partition coefficient (Wildman–Crippen LogP) is 1.45. The lowest BCUT2D eigenvalue weighted by atomic mass is 10.0. The van der Waals surface area contributed by atoms with E-state index in [0.717, 1.165) is 48.5 Å². The smallest absolute Gasteiger partial charge is 0.269 e. The Bertz CT molecular complexity index is 1230. The highest BCUT2D eigenvalue weighted by atomic mass is 16.6. The molecule has 2 aliphatic heterocycles. The molecule has 0 amide bonds. The van der Waals surface area contributed by atoms with E-state index in [-0.39, 0.29) is 17.7 Å². The fourth-order valence-corrected chi connectivity index (χ4v) is 4.72. The van der Waals surface area contributed by atoms with Crippen molar-refractivity contribution in [2.45, 2.75) is 31.7 Å². The van der Waals surface area contributed by atoms with Gasteiger partial charge in [0.15, 0.2) is 11.5 Å². The number of aromatic nitrogens is 3.